The van der Waals surface area contributed by atoms with E-state index < -0.39 is 0 Å². The fourth-order valence-electron chi connectivity index (χ4n) is 1.00. The van der Waals surface area contributed by atoms with Crippen LogP contribution in [0.3, 0.4) is 0 Å². The number of hydrogen-bond acceptors (Lipinski definition) is 2. The highest BCUT2D eigenvalue weighted by molar-refractivity contribution is 5.87. The molecule has 0 radical (unpaired) electrons. The number of carbonyl (C=O) groups excluding carboxylic acids is 2. The Hall–Kier alpha value is -0.660. The van der Waals surface area contributed by atoms with E-state index in [1.807, 2.05) is 27.7 Å². The second-order valence-corrected chi connectivity index (χ2v) is 4.21. The molecule has 0 heterocycles. The van der Waals surface area contributed by atoms with Crippen LogP contribution < -0.4 is 0 Å². The molecule has 0 aliphatic heterocycles. The summed E-state index contributed by atoms with van der Waals surface area (Å²) in [5.41, 5.74) is 0. The van der Waals surface area contributed by atoms with Gasteiger partial charge in [-0.2, -0.15) is 0 Å². The molecule has 0 rings (SSSR count). The average Bonchev–Trinajstić information content (AvgIpc) is 2.02. The van der Waals surface area contributed by atoms with Crippen LogP contribution in [0, 0.1) is 17.8 Å². The van der Waals surface area contributed by atoms with Crippen LogP contribution in [0.5, 0.6) is 0 Å². The molecule has 0 aromatic rings. The summed E-state index contributed by atoms with van der Waals surface area (Å²) < 4.78 is 0. The first-order valence-corrected chi connectivity index (χ1v) is 4.89. The van der Waals surface area contributed by atoms with Gasteiger partial charge in [0.15, 0.2) is 0 Å². The number of rotatable bonds is 5. The number of carbonyl (C=O) groups is 2. The van der Waals surface area contributed by atoms with E-state index in [-0.39, 0.29) is 23.4 Å². The Labute approximate surface area is 80.7 Å². The molecular weight excluding hydrogens is 164 g/mol. The minimum absolute atomic E-state index is 0.0711. The van der Waals surface area contributed by atoms with Gasteiger partial charge >= 0.3 is 0 Å². The van der Waals surface area contributed by atoms with Crippen molar-refractivity contribution in [3.05, 3.63) is 0 Å². The highest BCUT2D eigenvalue weighted by Gasteiger charge is 2.20. The van der Waals surface area contributed by atoms with Crippen LogP contribution in [-0.4, -0.2) is 11.6 Å². The molecule has 0 saturated carbocycles. The second kappa shape index (κ2) is 5.15. The molecule has 0 saturated heterocycles. The maximum atomic E-state index is 11.5. The van der Waals surface area contributed by atoms with E-state index in [0.717, 1.165) is 0 Å². The predicted octanol–water partition coefficient (Wildman–Crippen LogP) is 2.46. The Morgan fingerprint density at radius 2 is 1.54 bits per heavy atom. The zero-order valence-corrected chi connectivity index (χ0v) is 9.26. The monoisotopic (exact) mass is 184 g/mol. The molecular formula is C11H20O2. The van der Waals surface area contributed by atoms with Crippen LogP contribution >= 0.6 is 0 Å². The minimum atomic E-state index is -0.117. The van der Waals surface area contributed by atoms with Gasteiger partial charge in [-0.05, 0) is 12.8 Å². The van der Waals surface area contributed by atoms with Crippen molar-refractivity contribution in [2.45, 2.75) is 41.0 Å². The van der Waals surface area contributed by atoms with Gasteiger partial charge in [-0.25, -0.2) is 0 Å². The summed E-state index contributed by atoms with van der Waals surface area (Å²) in [7, 11) is 0. The number of hydrogen-bond donors (Lipinski definition) is 0. The second-order valence-electron chi connectivity index (χ2n) is 4.21. The lowest BCUT2D eigenvalue weighted by atomic mass is 9.88. The molecule has 13 heavy (non-hydrogen) atoms. The molecule has 0 unspecified atom stereocenters. The Morgan fingerprint density at radius 3 is 1.85 bits per heavy atom. The summed E-state index contributed by atoms with van der Waals surface area (Å²) >= 11 is 0. The summed E-state index contributed by atoms with van der Waals surface area (Å²) in [6.07, 6.45) is 0.397. The molecule has 0 bridgehead atoms. The zero-order chi connectivity index (χ0) is 10.6. The first-order chi connectivity index (χ1) is 5.86. The quantitative estimate of drug-likeness (QED) is 0.657. The van der Waals surface area contributed by atoms with E-state index in [9.17, 15) is 9.59 Å². The molecule has 0 aliphatic carbocycles. The Kier molecular flexibility index (Phi) is 4.89. The van der Waals surface area contributed by atoms with Crippen molar-refractivity contribution in [3.63, 3.8) is 0 Å². The van der Waals surface area contributed by atoms with E-state index in [1.54, 1.807) is 0 Å². The van der Waals surface area contributed by atoms with Gasteiger partial charge in [0.1, 0.15) is 11.6 Å². The van der Waals surface area contributed by atoms with Crippen LogP contribution in [0.25, 0.3) is 0 Å². The van der Waals surface area contributed by atoms with Crippen molar-refractivity contribution >= 4 is 11.6 Å². The third-order valence-corrected chi connectivity index (χ3v) is 2.71. The molecule has 2 nitrogen and oxygen atoms in total. The number of Topliss-reactive ketones (excluding diaryl/α,β-unsaturated/α-hetero) is 2. The fourth-order valence-corrected chi connectivity index (χ4v) is 1.00. The zero-order valence-electron chi connectivity index (χ0n) is 9.26. The van der Waals surface area contributed by atoms with Crippen molar-refractivity contribution in [1.29, 1.82) is 0 Å². The summed E-state index contributed by atoms with van der Waals surface area (Å²) in [5.74, 6) is 0.629. The number of ketones is 2. The lowest BCUT2D eigenvalue weighted by Crippen LogP contribution is -2.21. The minimum Gasteiger partial charge on any atom is -0.300 e. The van der Waals surface area contributed by atoms with Crippen LogP contribution in [0.2, 0.25) is 0 Å². The topological polar surface area (TPSA) is 34.1 Å². The predicted molar refractivity (Wildman–Crippen MR) is 53.5 cm³/mol. The smallest absolute Gasteiger partial charge is 0.136 e. The van der Waals surface area contributed by atoms with Gasteiger partial charge in [0, 0.05) is 18.3 Å². The van der Waals surface area contributed by atoms with Crippen molar-refractivity contribution in [2.75, 3.05) is 0 Å². The molecule has 76 valence electrons. The van der Waals surface area contributed by atoms with Crippen molar-refractivity contribution < 1.29 is 9.59 Å². The molecule has 2 heteroatoms. The molecule has 0 aromatic heterocycles. The summed E-state index contributed by atoms with van der Waals surface area (Å²) in [6, 6.07) is 0. The third kappa shape index (κ3) is 4.20. The Balaban J connectivity index is 4.08. The molecule has 0 aromatic carbocycles. The lowest BCUT2D eigenvalue weighted by molar-refractivity contribution is -0.128. The first-order valence-electron chi connectivity index (χ1n) is 4.89. The van der Waals surface area contributed by atoms with Crippen LogP contribution in [0.15, 0.2) is 0 Å². The van der Waals surface area contributed by atoms with Gasteiger partial charge in [-0.3, -0.25) is 9.59 Å². The summed E-state index contributed by atoms with van der Waals surface area (Å²) in [4.78, 5) is 22.5. The largest absolute Gasteiger partial charge is 0.300 e. The van der Waals surface area contributed by atoms with Gasteiger partial charge in [-0.15, -0.1) is 0 Å². The normalized spacial score (nSPS) is 15.5. The fraction of sp³-hybridized carbons (Fsp3) is 0.818. The summed E-state index contributed by atoms with van der Waals surface area (Å²) in [5, 5.41) is 0. The molecule has 0 N–H and O–H groups in total. The standard InChI is InChI=1S/C11H20O2/c1-7(2)9(4)11(13)6-8(3)10(5)12/h7-9H,6H2,1-5H3/t8-,9+/m1/s1. The highest BCUT2D eigenvalue weighted by Crippen LogP contribution is 2.16. The summed E-state index contributed by atoms with van der Waals surface area (Å²) in [6.45, 7) is 9.34. The van der Waals surface area contributed by atoms with Crippen molar-refractivity contribution in [3.8, 4) is 0 Å². The molecule has 2 atom stereocenters. The van der Waals surface area contributed by atoms with Crippen molar-refractivity contribution in [2.24, 2.45) is 17.8 Å². The maximum Gasteiger partial charge on any atom is 0.136 e. The van der Waals surface area contributed by atoms with E-state index in [1.165, 1.54) is 6.92 Å². The third-order valence-electron chi connectivity index (χ3n) is 2.71. The molecule has 0 fully saturated rings. The average molecular weight is 184 g/mol. The first kappa shape index (κ1) is 12.3. The van der Waals surface area contributed by atoms with Crippen LogP contribution in [0.4, 0.5) is 0 Å². The lowest BCUT2D eigenvalue weighted by Gasteiger charge is -2.15. The van der Waals surface area contributed by atoms with Crippen molar-refractivity contribution in [1.82, 2.24) is 0 Å². The van der Waals surface area contributed by atoms with E-state index in [0.29, 0.717) is 12.3 Å². The van der Waals surface area contributed by atoms with Gasteiger partial charge < -0.3 is 0 Å². The van der Waals surface area contributed by atoms with E-state index in [2.05, 4.69) is 0 Å². The van der Waals surface area contributed by atoms with Gasteiger partial charge in [0.2, 0.25) is 0 Å². The van der Waals surface area contributed by atoms with Crippen LogP contribution in [0.1, 0.15) is 41.0 Å². The Morgan fingerprint density at radius 1 is 1.08 bits per heavy atom. The Bertz CT molecular complexity index is 194. The maximum absolute atomic E-state index is 11.5. The molecule has 0 amide bonds. The van der Waals surface area contributed by atoms with Gasteiger partial charge in [0.05, 0.1) is 0 Å². The van der Waals surface area contributed by atoms with Crippen LogP contribution in [-0.2, 0) is 9.59 Å². The van der Waals surface area contributed by atoms with Gasteiger partial charge in [-0.1, -0.05) is 27.7 Å². The van der Waals surface area contributed by atoms with E-state index in [4.69, 9.17) is 0 Å². The van der Waals surface area contributed by atoms with Gasteiger partial charge in [0.25, 0.3) is 0 Å². The van der Waals surface area contributed by atoms with E-state index >= 15 is 0 Å². The SMILES string of the molecule is CC(=O)[C@H](C)CC(=O)[C@@H](C)C(C)C. The highest BCUT2D eigenvalue weighted by atomic mass is 16.1. The molecule has 0 spiro atoms. The molecule has 0 aliphatic rings.